The van der Waals surface area contributed by atoms with Gasteiger partial charge in [-0.2, -0.15) is 5.26 Å². The number of ether oxygens (including phenoxy) is 1. The predicted octanol–water partition coefficient (Wildman–Crippen LogP) is 0.752. The fraction of sp³-hybridized carbons (Fsp3) is 0.750. The summed E-state index contributed by atoms with van der Waals surface area (Å²) in [5.74, 6) is -0.0650. The van der Waals surface area contributed by atoms with Gasteiger partial charge in [-0.25, -0.2) is 0 Å². The van der Waals surface area contributed by atoms with E-state index < -0.39 is 5.41 Å². The first-order valence-corrected chi connectivity index (χ1v) is 3.66. The second kappa shape index (κ2) is 2.63. The van der Waals surface area contributed by atoms with Gasteiger partial charge in [0.2, 0.25) is 0 Å². The number of rotatable bonds is 2. The van der Waals surface area contributed by atoms with E-state index >= 15 is 0 Å². The second-order valence-electron chi connectivity index (χ2n) is 3.21. The van der Waals surface area contributed by atoms with Crippen molar-refractivity contribution < 1.29 is 9.53 Å². The molecule has 1 rings (SSSR count). The second-order valence-corrected chi connectivity index (χ2v) is 3.21. The zero-order valence-corrected chi connectivity index (χ0v) is 6.76. The Hall–Kier alpha value is -0.880. The van der Waals surface area contributed by atoms with Crippen LogP contribution in [0.2, 0.25) is 0 Å². The standard InChI is InChI=1S/C8H11NO2/c1-6(2)7(10)8(3-9)4-11-5-8/h6H,4-5H2,1-2H3. The highest BCUT2D eigenvalue weighted by Gasteiger charge is 2.46. The molecule has 0 unspecified atom stereocenters. The summed E-state index contributed by atoms with van der Waals surface area (Å²) in [5.41, 5.74) is -0.811. The van der Waals surface area contributed by atoms with Gasteiger partial charge < -0.3 is 4.74 Å². The summed E-state index contributed by atoms with van der Waals surface area (Å²) in [6, 6.07) is 2.02. The molecule has 1 aliphatic heterocycles. The number of Topliss-reactive ketones (excluding diaryl/α,β-unsaturated/α-hetero) is 1. The highest BCUT2D eigenvalue weighted by molar-refractivity contribution is 5.90. The Morgan fingerprint density at radius 3 is 2.27 bits per heavy atom. The Morgan fingerprint density at radius 2 is 2.18 bits per heavy atom. The lowest BCUT2D eigenvalue weighted by Gasteiger charge is -2.34. The normalized spacial score (nSPS) is 20.5. The molecule has 0 saturated carbocycles. The minimum absolute atomic E-state index is 0.00579. The van der Waals surface area contributed by atoms with E-state index in [1.165, 1.54) is 0 Å². The van der Waals surface area contributed by atoms with E-state index in [0.717, 1.165) is 0 Å². The van der Waals surface area contributed by atoms with E-state index in [0.29, 0.717) is 0 Å². The van der Waals surface area contributed by atoms with Gasteiger partial charge in [-0.15, -0.1) is 0 Å². The van der Waals surface area contributed by atoms with E-state index in [1.807, 2.05) is 6.07 Å². The Labute approximate surface area is 66.0 Å². The minimum Gasteiger partial charge on any atom is -0.377 e. The number of hydrogen-bond acceptors (Lipinski definition) is 3. The largest absolute Gasteiger partial charge is 0.377 e. The van der Waals surface area contributed by atoms with Crippen LogP contribution in [-0.4, -0.2) is 19.0 Å². The average Bonchev–Trinajstić information content (AvgIpc) is 1.86. The SMILES string of the molecule is CC(C)C(=O)C1(C#N)COC1. The third-order valence-electron chi connectivity index (χ3n) is 1.91. The van der Waals surface area contributed by atoms with Gasteiger partial charge in [0.1, 0.15) is 0 Å². The molecule has 0 N–H and O–H groups in total. The molecule has 0 aromatic heterocycles. The summed E-state index contributed by atoms with van der Waals surface area (Å²) in [6.07, 6.45) is 0. The maximum Gasteiger partial charge on any atom is 0.162 e. The lowest BCUT2D eigenvalue weighted by atomic mass is 9.78. The summed E-state index contributed by atoms with van der Waals surface area (Å²) in [5, 5.41) is 8.70. The molecular weight excluding hydrogens is 142 g/mol. The summed E-state index contributed by atoms with van der Waals surface area (Å²) >= 11 is 0. The van der Waals surface area contributed by atoms with Crippen molar-refractivity contribution in [2.75, 3.05) is 13.2 Å². The lowest BCUT2D eigenvalue weighted by molar-refractivity contribution is -0.150. The zero-order valence-electron chi connectivity index (χ0n) is 6.76. The Balaban J connectivity index is 2.72. The Bertz CT molecular complexity index is 211. The monoisotopic (exact) mass is 153 g/mol. The van der Waals surface area contributed by atoms with Crippen LogP contribution in [-0.2, 0) is 9.53 Å². The first kappa shape index (κ1) is 8.22. The number of nitriles is 1. The van der Waals surface area contributed by atoms with Gasteiger partial charge in [-0.05, 0) is 0 Å². The molecule has 0 aliphatic carbocycles. The van der Waals surface area contributed by atoms with Crippen LogP contribution in [0.25, 0.3) is 0 Å². The van der Waals surface area contributed by atoms with Gasteiger partial charge in [0.25, 0.3) is 0 Å². The third kappa shape index (κ3) is 1.14. The number of carbonyl (C=O) groups excluding carboxylic acids is 1. The van der Waals surface area contributed by atoms with Crippen molar-refractivity contribution in [3.8, 4) is 6.07 Å². The third-order valence-corrected chi connectivity index (χ3v) is 1.91. The quantitative estimate of drug-likeness (QED) is 0.588. The van der Waals surface area contributed by atoms with Crippen LogP contribution in [0.15, 0.2) is 0 Å². The molecule has 0 bridgehead atoms. The summed E-state index contributed by atoms with van der Waals surface area (Å²) in [6.45, 7) is 4.17. The molecule has 60 valence electrons. The molecule has 3 nitrogen and oxygen atoms in total. The maximum absolute atomic E-state index is 11.4. The zero-order chi connectivity index (χ0) is 8.48. The van der Waals surface area contributed by atoms with Crippen LogP contribution < -0.4 is 0 Å². The van der Waals surface area contributed by atoms with Crippen molar-refractivity contribution in [3.63, 3.8) is 0 Å². The van der Waals surface area contributed by atoms with Crippen molar-refractivity contribution >= 4 is 5.78 Å². The highest BCUT2D eigenvalue weighted by Crippen LogP contribution is 2.30. The molecule has 1 fully saturated rings. The molecule has 0 radical (unpaired) electrons. The van der Waals surface area contributed by atoms with Crippen LogP contribution in [0.4, 0.5) is 0 Å². The van der Waals surface area contributed by atoms with E-state index in [2.05, 4.69) is 0 Å². The van der Waals surface area contributed by atoms with Gasteiger partial charge in [-0.3, -0.25) is 4.79 Å². The molecule has 0 aromatic carbocycles. The predicted molar refractivity (Wildman–Crippen MR) is 38.7 cm³/mol. The van der Waals surface area contributed by atoms with Crippen LogP contribution >= 0.6 is 0 Å². The first-order valence-electron chi connectivity index (χ1n) is 3.66. The maximum atomic E-state index is 11.4. The Kier molecular flexibility index (Phi) is 1.97. The van der Waals surface area contributed by atoms with Gasteiger partial charge in [-0.1, -0.05) is 13.8 Å². The lowest BCUT2D eigenvalue weighted by Crippen LogP contribution is -2.49. The number of hydrogen-bond donors (Lipinski definition) is 0. The molecule has 0 aromatic rings. The van der Waals surface area contributed by atoms with Crippen molar-refractivity contribution in [1.29, 1.82) is 5.26 Å². The number of nitrogens with zero attached hydrogens (tertiary/aromatic N) is 1. The van der Waals surface area contributed by atoms with Crippen molar-refractivity contribution in [1.82, 2.24) is 0 Å². The van der Waals surface area contributed by atoms with Crippen LogP contribution in [0.3, 0.4) is 0 Å². The van der Waals surface area contributed by atoms with E-state index in [-0.39, 0.29) is 24.9 Å². The van der Waals surface area contributed by atoms with Crippen LogP contribution in [0.5, 0.6) is 0 Å². The smallest absolute Gasteiger partial charge is 0.162 e. The fourth-order valence-electron chi connectivity index (χ4n) is 1.12. The van der Waals surface area contributed by atoms with Gasteiger partial charge in [0.05, 0.1) is 19.3 Å². The average molecular weight is 153 g/mol. The van der Waals surface area contributed by atoms with Crippen LogP contribution in [0.1, 0.15) is 13.8 Å². The van der Waals surface area contributed by atoms with Gasteiger partial charge in [0.15, 0.2) is 11.2 Å². The molecule has 1 saturated heterocycles. The molecule has 11 heavy (non-hydrogen) atoms. The van der Waals surface area contributed by atoms with E-state index in [4.69, 9.17) is 10.00 Å². The van der Waals surface area contributed by atoms with Crippen molar-refractivity contribution in [2.45, 2.75) is 13.8 Å². The molecule has 0 atom stereocenters. The van der Waals surface area contributed by atoms with Gasteiger partial charge in [0, 0.05) is 5.92 Å². The summed E-state index contributed by atoms with van der Waals surface area (Å²) in [7, 11) is 0. The fourth-order valence-corrected chi connectivity index (χ4v) is 1.12. The molecule has 0 spiro atoms. The molecule has 1 heterocycles. The van der Waals surface area contributed by atoms with Crippen molar-refractivity contribution in [2.24, 2.45) is 11.3 Å². The van der Waals surface area contributed by atoms with E-state index in [1.54, 1.807) is 13.8 Å². The van der Waals surface area contributed by atoms with Crippen LogP contribution in [0, 0.1) is 22.7 Å². The molecule has 1 aliphatic rings. The Morgan fingerprint density at radius 1 is 1.64 bits per heavy atom. The number of carbonyl (C=O) groups is 1. The summed E-state index contributed by atoms with van der Waals surface area (Å²) in [4.78, 5) is 11.4. The topological polar surface area (TPSA) is 50.1 Å². The van der Waals surface area contributed by atoms with E-state index in [9.17, 15) is 4.79 Å². The highest BCUT2D eigenvalue weighted by atomic mass is 16.5. The summed E-state index contributed by atoms with van der Waals surface area (Å²) < 4.78 is 4.86. The first-order chi connectivity index (χ1) is 5.12. The number of ketones is 1. The van der Waals surface area contributed by atoms with Gasteiger partial charge >= 0.3 is 0 Å². The molecular formula is C8H11NO2. The molecule has 3 heteroatoms. The van der Waals surface area contributed by atoms with Crippen molar-refractivity contribution in [3.05, 3.63) is 0 Å². The minimum atomic E-state index is -0.811. The molecule has 0 amide bonds.